The highest BCUT2D eigenvalue weighted by Gasteiger charge is 2.18. The molecule has 0 amide bonds. The van der Waals surface area contributed by atoms with Crippen LogP contribution in [0.4, 0.5) is 0 Å². The molecule has 3 heteroatoms. The van der Waals surface area contributed by atoms with Gasteiger partial charge in [0.2, 0.25) is 0 Å². The van der Waals surface area contributed by atoms with Crippen LogP contribution in [0, 0.1) is 0 Å². The minimum Gasteiger partial charge on any atom is -0.293 e. The Morgan fingerprint density at radius 1 is 1.22 bits per heavy atom. The minimum absolute atomic E-state index is 0.219. The van der Waals surface area contributed by atoms with E-state index in [0.717, 1.165) is 23.3 Å². The summed E-state index contributed by atoms with van der Waals surface area (Å²) in [6.45, 7) is 0. The van der Waals surface area contributed by atoms with Crippen molar-refractivity contribution >= 4 is 28.7 Å². The summed E-state index contributed by atoms with van der Waals surface area (Å²) in [7, 11) is 0. The molecule has 0 aliphatic heterocycles. The van der Waals surface area contributed by atoms with E-state index >= 15 is 0 Å². The fourth-order valence-electron chi connectivity index (χ4n) is 2.34. The molecule has 0 saturated carbocycles. The van der Waals surface area contributed by atoms with Gasteiger partial charge in [-0.1, -0.05) is 23.7 Å². The van der Waals surface area contributed by atoms with Crippen LogP contribution < -0.4 is 0 Å². The molecule has 1 aromatic heterocycles. The van der Waals surface area contributed by atoms with Crippen molar-refractivity contribution in [3.63, 3.8) is 0 Å². The Hall–Kier alpha value is -1.12. The van der Waals surface area contributed by atoms with Gasteiger partial charge in [-0.3, -0.25) is 4.79 Å². The van der Waals surface area contributed by atoms with Crippen molar-refractivity contribution in [1.29, 1.82) is 0 Å². The average molecular weight is 277 g/mol. The summed E-state index contributed by atoms with van der Waals surface area (Å²) in [5.74, 6) is 0.219. The number of benzene rings is 1. The van der Waals surface area contributed by atoms with Crippen LogP contribution in [0.5, 0.6) is 0 Å². The number of hydrogen-bond acceptors (Lipinski definition) is 2. The van der Waals surface area contributed by atoms with Crippen molar-refractivity contribution in [1.82, 2.24) is 0 Å². The van der Waals surface area contributed by atoms with E-state index in [-0.39, 0.29) is 5.78 Å². The number of carbonyl (C=O) groups excluding carboxylic acids is 1. The molecule has 0 unspecified atom stereocenters. The molecule has 3 rings (SSSR count). The number of thiophene rings is 1. The predicted octanol–water partition coefficient (Wildman–Crippen LogP) is 4.32. The molecule has 0 fully saturated rings. The Balaban J connectivity index is 1.76. The Labute approximate surface area is 115 Å². The van der Waals surface area contributed by atoms with Gasteiger partial charge in [0.05, 0.1) is 4.88 Å². The first-order valence-corrected chi connectivity index (χ1v) is 7.31. The maximum atomic E-state index is 12.2. The van der Waals surface area contributed by atoms with Crippen molar-refractivity contribution in [2.45, 2.75) is 25.7 Å². The van der Waals surface area contributed by atoms with E-state index in [0.29, 0.717) is 11.4 Å². The molecule has 0 atom stereocenters. The van der Waals surface area contributed by atoms with Gasteiger partial charge in [0.1, 0.15) is 0 Å². The Bertz CT molecular complexity index is 562. The molecule has 0 radical (unpaired) electrons. The number of carbonyl (C=O) groups is 1. The molecular weight excluding hydrogens is 264 g/mol. The lowest BCUT2D eigenvalue weighted by molar-refractivity contribution is 0.0997. The number of rotatable bonds is 3. The lowest BCUT2D eigenvalue weighted by Crippen LogP contribution is -2.01. The maximum absolute atomic E-state index is 12.2. The lowest BCUT2D eigenvalue weighted by atomic mass is 10.1. The summed E-state index contributed by atoms with van der Waals surface area (Å²) in [5.41, 5.74) is 2.41. The molecule has 1 aliphatic rings. The number of halogens is 1. The third-order valence-corrected chi connectivity index (χ3v) is 4.83. The molecule has 1 heterocycles. The van der Waals surface area contributed by atoms with Crippen LogP contribution in [-0.4, -0.2) is 5.78 Å². The highest BCUT2D eigenvalue weighted by Crippen LogP contribution is 2.31. The molecule has 0 spiro atoms. The number of aryl methyl sites for hydroxylation is 2. The van der Waals surface area contributed by atoms with Gasteiger partial charge < -0.3 is 0 Å². The van der Waals surface area contributed by atoms with Crippen molar-refractivity contribution in [2.24, 2.45) is 0 Å². The third kappa shape index (κ3) is 2.36. The van der Waals surface area contributed by atoms with E-state index in [4.69, 9.17) is 11.6 Å². The first kappa shape index (κ1) is 11.9. The summed E-state index contributed by atoms with van der Waals surface area (Å²) in [6, 6.07) is 9.59. The number of ketones is 1. The molecule has 0 N–H and O–H groups in total. The SMILES string of the molecule is O=C(Cc1ccc(Cl)cc1)c1cc2c(s1)CCC2. The van der Waals surface area contributed by atoms with Gasteiger partial charge in [0.25, 0.3) is 0 Å². The Morgan fingerprint density at radius 3 is 2.72 bits per heavy atom. The summed E-state index contributed by atoms with van der Waals surface area (Å²) < 4.78 is 0. The average Bonchev–Trinajstić information content (AvgIpc) is 2.92. The summed E-state index contributed by atoms with van der Waals surface area (Å²) in [5, 5.41) is 0.710. The molecule has 0 saturated heterocycles. The van der Waals surface area contributed by atoms with Gasteiger partial charge >= 0.3 is 0 Å². The number of Topliss-reactive ketones (excluding diaryl/α,β-unsaturated/α-hetero) is 1. The van der Waals surface area contributed by atoms with E-state index < -0.39 is 0 Å². The first-order valence-electron chi connectivity index (χ1n) is 6.11. The standard InChI is InChI=1S/C15H13ClOS/c16-12-6-4-10(5-7-12)8-13(17)15-9-11-2-1-3-14(11)18-15/h4-7,9H,1-3,8H2. The Kier molecular flexibility index (Phi) is 3.23. The fraction of sp³-hybridized carbons (Fsp3) is 0.267. The molecule has 92 valence electrons. The first-order chi connectivity index (χ1) is 8.72. The van der Waals surface area contributed by atoms with Crippen molar-refractivity contribution in [3.05, 3.63) is 56.2 Å². The minimum atomic E-state index is 0.219. The number of fused-ring (bicyclic) bond motifs is 1. The van der Waals surface area contributed by atoms with Crippen molar-refractivity contribution < 1.29 is 4.79 Å². The van der Waals surface area contributed by atoms with E-state index in [1.807, 2.05) is 24.3 Å². The zero-order valence-electron chi connectivity index (χ0n) is 9.91. The third-order valence-electron chi connectivity index (χ3n) is 3.30. The van der Waals surface area contributed by atoms with Gasteiger partial charge in [-0.25, -0.2) is 0 Å². The van der Waals surface area contributed by atoms with Crippen molar-refractivity contribution in [2.75, 3.05) is 0 Å². The summed E-state index contributed by atoms with van der Waals surface area (Å²) in [4.78, 5) is 14.5. The van der Waals surface area contributed by atoms with E-state index in [1.165, 1.54) is 16.9 Å². The van der Waals surface area contributed by atoms with Crippen LogP contribution in [0.1, 0.15) is 32.1 Å². The summed E-state index contributed by atoms with van der Waals surface area (Å²) >= 11 is 7.51. The van der Waals surface area contributed by atoms with Crippen LogP contribution in [0.3, 0.4) is 0 Å². The highest BCUT2D eigenvalue weighted by molar-refractivity contribution is 7.14. The number of hydrogen-bond donors (Lipinski definition) is 0. The van der Waals surface area contributed by atoms with Gasteiger partial charge in [-0.05, 0) is 48.6 Å². The van der Waals surface area contributed by atoms with Crippen LogP contribution in [-0.2, 0) is 19.3 Å². The quantitative estimate of drug-likeness (QED) is 0.763. The zero-order chi connectivity index (χ0) is 12.5. The molecule has 18 heavy (non-hydrogen) atoms. The van der Waals surface area contributed by atoms with E-state index in [2.05, 4.69) is 6.07 Å². The van der Waals surface area contributed by atoms with Crippen molar-refractivity contribution in [3.8, 4) is 0 Å². The summed E-state index contributed by atoms with van der Waals surface area (Å²) in [6.07, 6.45) is 4.00. The molecular formula is C15H13ClOS. The molecule has 1 aromatic carbocycles. The van der Waals surface area contributed by atoms with Gasteiger partial charge in [-0.15, -0.1) is 11.3 Å². The van der Waals surface area contributed by atoms with Crippen LogP contribution in [0.2, 0.25) is 5.02 Å². The van der Waals surface area contributed by atoms with Gasteiger partial charge in [0.15, 0.2) is 5.78 Å². The normalized spacial score (nSPS) is 13.6. The lowest BCUT2D eigenvalue weighted by Gasteiger charge is -1.99. The monoisotopic (exact) mass is 276 g/mol. The second-order valence-corrected chi connectivity index (χ2v) is 6.21. The second kappa shape index (κ2) is 4.87. The smallest absolute Gasteiger partial charge is 0.177 e. The molecule has 1 nitrogen and oxygen atoms in total. The Morgan fingerprint density at radius 2 is 2.00 bits per heavy atom. The highest BCUT2D eigenvalue weighted by atomic mass is 35.5. The molecule has 2 aromatic rings. The fourth-order valence-corrected chi connectivity index (χ4v) is 3.66. The van der Waals surface area contributed by atoms with Gasteiger partial charge in [-0.2, -0.15) is 0 Å². The zero-order valence-corrected chi connectivity index (χ0v) is 11.5. The predicted molar refractivity (Wildman–Crippen MR) is 75.8 cm³/mol. The van der Waals surface area contributed by atoms with Crippen LogP contribution in [0.15, 0.2) is 30.3 Å². The van der Waals surface area contributed by atoms with Gasteiger partial charge in [0, 0.05) is 16.3 Å². The van der Waals surface area contributed by atoms with E-state index in [1.54, 1.807) is 11.3 Å². The topological polar surface area (TPSA) is 17.1 Å². The largest absolute Gasteiger partial charge is 0.293 e. The maximum Gasteiger partial charge on any atom is 0.177 e. The van der Waals surface area contributed by atoms with Crippen LogP contribution in [0.25, 0.3) is 0 Å². The molecule has 0 bridgehead atoms. The van der Waals surface area contributed by atoms with E-state index in [9.17, 15) is 4.79 Å². The van der Waals surface area contributed by atoms with Crippen LogP contribution >= 0.6 is 22.9 Å². The molecule has 1 aliphatic carbocycles. The second-order valence-electron chi connectivity index (χ2n) is 4.64.